The van der Waals surface area contributed by atoms with E-state index < -0.39 is 10.0 Å². The van der Waals surface area contributed by atoms with Crippen molar-refractivity contribution in [3.8, 4) is 0 Å². The van der Waals surface area contributed by atoms with Gasteiger partial charge in [0, 0.05) is 13.0 Å². The summed E-state index contributed by atoms with van der Waals surface area (Å²) in [5.41, 5.74) is 0.967. The number of nitrogens with one attached hydrogen (secondary N) is 2. The van der Waals surface area contributed by atoms with E-state index in [1.165, 1.54) is 12.1 Å². The second kappa shape index (κ2) is 10.1. The Hall–Kier alpha value is -1.15. The lowest BCUT2D eigenvalue weighted by Gasteiger charge is -2.27. The van der Waals surface area contributed by atoms with Crippen LogP contribution in [0.15, 0.2) is 29.2 Å². The lowest BCUT2D eigenvalue weighted by Crippen LogP contribution is -2.34. The second-order valence-corrected chi connectivity index (χ2v) is 8.12. The third kappa shape index (κ3) is 7.32. The average molecular weight is 390 g/mol. The number of carbonyl (C=O) groups excluding carboxylic acids is 1. The van der Waals surface area contributed by atoms with Crippen LogP contribution in [0.5, 0.6) is 0 Å². The number of hydrogen-bond donors (Lipinski definition) is 3. The molecule has 8 heteroatoms. The molecule has 0 aliphatic carbocycles. The Morgan fingerprint density at radius 3 is 2.44 bits per heavy atom. The van der Waals surface area contributed by atoms with Gasteiger partial charge in [-0.3, -0.25) is 4.79 Å². The number of primary sulfonamides is 1. The van der Waals surface area contributed by atoms with Gasteiger partial charge in [-0.25, -0.2) is 13.6 Å². The molecule has 1 heterocycles. The molecule has 1 saturated heterocycles. The zero-order valence-electron chi connectivity index (χ0n) is 14.5. The van der Waals surface area contributed by atoms with Crippen molar-refractivity contribution in [2.75, 3.05) is 19.6 Å². The van der Waals surface area contributed by atoms with E-state index in [0.29, 0.717) is 31.2 Å². The van der Waals surface area contributed by atoms with Gasteiger partial charge in [0.05, 0.1) is 4.90 Å². The number of sulfonamides is 1. The lowest BCUT2D eigenvalue weighted by atomic mass is 9.84. The molecule has 1 unspecified atom stereocenters. The van der Waals surface area contributed by atoms with E-state index in [9.17, 15) is 13.2 Å². The van der Waals surface area contributed by atoms with Crippen molar-refractivity contribution in [1.82, 2.24) is 10.6 Å². The Morgan fingerprint density at radius 1 is 1.28 bits per heavy atom. The van der Waals surface area contributed by atoms with Crippen molar-refractivity contribution < 1.29 is 13.2 Å². The van der Waals surface area contributed by atoms with E-state index >= 15 is 0 Å². The predicted octanol–water partition coefficient (Wildman–Crippen LogP) is 1.44. The first kappa shape index (κ1) is 21.9. The topological polar surface area (TPSA) is 101 Å². The number of nitrogens with two attached hydrogens (primary N) is 1. The van der Waals surface area contributed by atoms with Crippen molar-refractivity contribution in [2.45, 2.75) is 37.5 Å². The van der Waals surface area contributed by atoms with Crippen LogP contribution in [-0.2, 0) is 21.2 Å². The van der Waals surface area contributed by atoms with Gasteiger partial charge in [-0.15, -0.1) is 12.4 Å². The third-order valence-electron chi connectivity index (χ3n) is 4.68. The highest BCUT2D eigenvalue weighted by atomic mass is 35.5. The van der Waals surface area contributed by atoms with Crippen LogP contribution in [0, 0.1) is 11.8 Å². The SMILES string of the molecule is CC(CC(=O)NCCc1ccc(S(N)(=O)=O)cc1)C1CCNCC1.Cl. The quantitative estimate of drug-likeness (QED) is 0.656. The predicted molar refractivity (Wildman–Crippen MR) is 101 cm³/mol. The Bertz CT molecular complexity index is 644. The number of carbonyl (C=O) groups is 1. The smallest absolute Gasteiger partial charge is 0.238 e. The Morgan fingerprint density at radius 2 is 1.88 bits per heavy atom. The summed E-state index contributed by atoms with van der Waals surface area (Å²) in [6, 6.07) is 6.43. The van der Waals surface area contributed by atoms with Crippen molar-refractivity contribution >= 4 is 28.3 Å². The van der Waals surface area contributed by atoms with Gasteiger partial charge in [-0.1, -0.05) is 19.1 Å². The maximum atomic E-state index is 12.0. The van der Waals surface area contributed by atoms with Crippen molar-refractivity contribution in [3.05, 3.63) is 29.8 Å². The minimum Gasteiger partial charge on any atom is -0.356 e. The van der Waals surface area contributed by atoms with Gasteiger partial charge in [0.2, 0.25) is 15.9 Å². The van der Waals surface area contributed by atoms with E-state index in [0.717, 1.165) is 31.5 Å². The molecule has 6 nitrogen and oxygen atoms in total. The van der Waals surface area contributed by atoms with E-state index in [4.69, 9.17) is 5.14 Å². The van der Waals surface area contributed by atoms with Gasteiger partial charge in [0.1, 0.15) is 0 Å². The minimum atomic E-state index is -3.65. The van der Waals surface area contributed by atoms with E-state index in [1.807, 2.05) is 0 Å². The normalized spacial score (nSPS) is 16.7. The third-order valence-corrected chi connectivity index (χ3v) is 5.61. The van der Waals surface area contributed by atoms with Crippen LogP contribution >= 0.6 is 12.4 Å². The van der Waals surface area contributed by atoms with Crippen LogP contribution in [0.4, 0.5) is 0 Å². The molecular weight excluding hydrogens is 362 g/mol. The zero-order valence-corrected chi connectivity index (χ0v) is 16.2. The van der Waals surface area contributed by atoms with Crippen LogP contribution in [0.25, 0.3) is 0 Å². The number of benzene rings is 1. The summed E-state index contributed by atoms with van der Waals surface area (Å²) in [6.45, 7) is 4.80. The summed E-state index contributed by atoms with van der Waals surface area (Å²) in [5, 5.41) is 11.4. The van der Waals surface area contributed by atoms with Gasteiger partial charge in [-0.2, -0.15) is 0 Å². The molecule has 1 aliphatic rings. The fraction of sp³-hybridized carbons (Fsp3) is 0.588. The molecule has 0 aromatic heterocycles. The molecule has 1 aromatic carbocycles. The molecule has 2 rings (SSSR count). The van der Waals surface area contributed by atoms with Crippen LogP contribution in [0.3, 0.4) is 0 Å². The highest BCUT2D eigenvalue weighted by Crippen LogP contribution is 2.24. The van der Waals surface area contributed by atoms with Crippen molar-refractivity contribution in [2.24, 2.45) is 17.0 Å². The molecular formula is C17H28ClN3O3S. The first-order valence-electron chi connectivity index (χ1n) is 8.45. The van der Waals surface area contributed by atoms with Gasteiger partial charge in [0.15, 0.2) is 0 Å². The number of piperidine rings is 1. The second-order valence-electron chi connectivity index (χ2n) is 6.56. The maximum absolute atomic E-state index is 12.0. The average Bonchev–Trinajstić information content (AvgIpc) is 2.55. The van der Waals surface area contributed by atoms with Crippen LogP contribution in [-0.4, -0.2) is 34.0 Å². The molecule has 0 radical (unpaired) electrons. The molecule has 1 aliphatic heterocycles. The lowest BCUT2D eigenvalue weighted by molar-refractivity contribution is -0.122. The van der Waals surface area contributed by atoms with Gasteiger partial charge in [-0.05, 0) is 61.9 Å². The zero-order chi connectivity index (χ0) is 17.6. The number of amides is 1. The summed E-state index contributed by atoms with van der Waals surface area (Å²) < 4.78 is 22.4. The summed E-state index contributed by atoms with van der Waals surface area (Å²) in [4.78, 5) is 12.2. The van der Waals surface area contributed by atoms with E-state index in [2.05, 4.69) is 17.6 Å². The number of halogens is 1. The Labute approximate surface area is 156 Å². The summed E-state index contributed by atoms with van der Waals surface area (Å²) in [7, 11) is -3.65. The Balaban J connectivity index is 0.00000312. The maximum Gasteiger partial charge on any atom is 0.238 e. The van der Waals surface area contributed by atoms with Crippen molar-refractivity contribution in [3.63, 3.8) is 0 Å². The highest BCUT2D eigenvalue weighted by Gasteiger charge is 2.21. The van der Waals surface area contributed by atoms with E-state index in [1.54, 1.807) is 12.1 Å². The first-order valence-corrected chi connectivity index (χ1v) is 10.00. The first-order chi connectivity index (χ1) is 11.4. The molecule has 0 saturated carbocycles. The monoisotopic (exact) mass is 389 g/mol. The highest BCUT2D eigenvalue weighted by molar-refractivity contribution is 7.89. The fourth-order valence-electron chi connectivity index (χ4n) is 3.14. The molecule has 25 heavy (non-hydrogen) atoms. The van der Waals surface area contributed by atoms with Gasteiger partial charge in [0.25, 0.3) is 0 Å². The molecule has 4 N–H and O–H groups in total. The van der Waals surface area contributed by atoms with Crippen molar-refractivity contribution in [1.29, 1.82) is 0 Å². The summed E-state index contributed by atoms with van der Waals surface area (Å²) >= 11 is 0. The van der Waals surface area contributed by atoms with Gasteiger partial charge < -0.3 is 10.6 Å². The van der Waals surface area contributed by atoms with Crippen LogP contribution in [0.1, 0.15) is 31.7 Å². The summed E-state index contributed by atoms with van der Waals surface area (Å²) in [5.74, 6) is 1.12. The largest absolute Gasteiger partial charge is 0.356 e. The molecule has 1 amide bonds. The minimum absolute atomic E-state index is 0. The molecule has 0 spiro atoms. The van der Waals surface area contributed by atoms with Crippen LogP contribution in [0.2, 0.25) is 0 Å². The number of hydrogen-bond acceptors (Lipinski definition) is 4. The molecule has 142 valence electrons. The Kier molecular flexibility index (Phi) is 8.85. The fourth-order valence-corrected chi connectivity index (χ4v) is 3.65. The van der Waals surface area contributed by atoms with Crippen LogP contribution < -0.4 is 15.8 Å². The molecule has 1 aromatic rings. The summed E-state index contributed by atoms with van der Waals surface area (Å²) in [6.07, 6.45) is 3.52. The van der Waals surface area contributed by atoms with E-state index in [-0.39, 0.29) is 23.2 Å². The molecule has 1 fully saturated rings. The standard InChI is InChI=1S/C17H27N3O3S.ClH/c1-13(15-7-9-19-10-8-15)12-17(21)20-11-6-14-2-4-16(5-3-14)24(18,22)23;/h2-5,13,15,19H,6-12H2,1H3,(H,20,21)(H2,18,22,23);1H. The number of rotatable bonds is 7. The molecule has 1 atom stereocenters. The molecule has 0 bridgehead atoms. The van der Waals surface area contributed by atoms with Gasteiger partial charge >= 0.3 is 0 Å².